The molecule has 106 valence electrons. The second-order valence-corrected chi connectivity index (χ2v) is 5.08. The number of rotatable bonds is 4. The van der Waals surface area contributed by atoms with Crippen molar-refractivity contribution in [3.05, 3.63) is 44.4 Å². The number of benzene rings is 1. The normalized spacial score (nSPS) is 10.8. The van der Waals surface area contributed by atoms with Gasteiger partial charge in [0, 0.05) is 17.5 Å². The summed E-state index contributed by atoms with van der Waals surface area (Å²) in [6.07, 6.45) is -0.264. The molecule has 0 spiro atoms. The summed E-state index contributed by atoms with van der Waals surface area (Å²) in [4.78, 5) is 21.8. The molecule has 7 heteroatoms. The van der Waals surface area contributed by atoms with Crippen LogP contribution in [0.1, 0.15) is 12.0 Å². The molecule has 0 aliphatic rings. The number of aliphatic carboxylic acids is 1. The minimum atomic E-state index is -1.07. The van der Waals surface area contributed by atoms with E-state index in [4.69, 9.17) is 5.11 Å². The third-order valence-electron chi connectivity index (χ3n) is 2.86. The fraction of sp³-hybridized carbons (Fsp3) is 0.231. The summed E-state index contributed by atoms with van der Waals surface area (Å²) in [5.74, 6) is -2.29. The smallest absolute Gasteiger partial charge is 0.307 e. The minimum absolute atomic E-state index is 0.0446. The third-order valence-corrected chi connectivity index (χ3v) is 3.62. The topological polar surface area (TPSA) is 59.3 Å². The van der Waals surface area contributed by atoms with Crippen LogP contribution in [0.25, 0.3) is 11.3 Å². The number of aryl methyl sites for hydroxylation is 1. The second kappa shape index (κ2) is 5.54. The first-order valence-corrected chi connectivity index (χ1v) is 6.64. The van der Waals surface area contributed by atoms with Crippen molar-refractivity contribution in [3.8, 4) is 11.3 Å². The SMILES string of the molecule is Cc1cc(F)c(-c2csc(=O)n2CCC(=O)O)cc1F. The molecule has 4 nitrogen and oxygen atoms in total. The Morgan fingerprint density at radius 2 is 2.05 bits per heavy atom. The molecule has 0 bridgehead atoms. The van der Waals surface area contributed by atoms with Gasteiger partial charge in [-0.2, -0.15) is 0 Å². The van der Waals surface area contributed by atoms with E-state index in [2.05, 4.69) is 0 Å². The lowest BCUT2D eigenvalue weighted by molar-refractivity contribution is -0.137. The highest BCUT2D eigenvalue weighted by molar-refractivity contribution is 7.07. The van der Waals surface area contributed by atoms with Crippen LogP contribution in [-0.4, -0.2) is 15.6 Å². The minimum Gasteiger partial charge on any atom is -0.481 e. The van der Waals surface area contributed by atoms with E-state index in [-0.39, 0.29) is 29.8 Å². The Kier molecular flexibility index (Phi) is 3.99. The van der Waals surface area contributed by atoms with E-state index in [0.717, 1.165) is 28.0 Å². The number of carbonyl (C=O) groups is 1. The zero-order valence-corrected chi connectivity index (χ0v) is 11.3. The van der Waals surface area contributed by atoms with Crippen LogP contribution in [0.2, 0.25) is 0 Å². The molecular formula is C13H11F2NO3S. The molecule has 1 aromatic heterocycles. The molecule has 20 heavy (non-hydrogen) atoms. The van der Waals surface area contributed by atoms with Gasteiger partial charge in [0.1, 0.15) is 11.6 Å². The highest BCUT2D eigenvalue weighted by Gasteiger charge is 2.16. The standard InChI is InChI=1S/C13H11F2NO3S/c1-7-4-10(15)8(5-9(7)14)11-6-20-13(19)16(11)3-2-12(17)18/h4-6H,2-3H2,1H3,(H,17,18). The van der Waals surface area contributed by atoms with Crippen LogP contribution < -0.4 is 4.87 Å². The first-order valence-electron chi connectivity index (χ1n) is 5.76. The summed E-state index contributed by atoms with van der Waals surface area (Å²) < 4.78 is 28.6. The molecular weight excluding hydrogens is 288 g/mol. The van der Waals surface area contributed by atoms with Gasteiger partial charge in [-0.15, -0.1) is 0 Å². The number of halogens is 2. The van der Waals surface area contributed by atoms with E-state index >= 15 is 0 Å². The maximum atomic E-state index is 13.9. The molecule has 0 aliphatic heterocycles. The predicted molar refractivity (Wildman–Crippen MR) is 70.9 cm³/mol. The number of carboxylic acid groups (broad SMARTS) is 1. The molecule has 0 saturated carbocycles. The van der Waals surface area contributed by atoms with Crippen LogP contribution >= 0.6 is 11.3 Å². The third kappa shape index (κ3) is 2.77. The van der Waals surface area contributed by atoms with Gasteiger partial charge in [0.15, 0.2) is 0 Å². The van der Waals surface area contributed by atoms with Crippen molar-refractivity contribution < 1.29 is 18.7 Å². The first kappa shape index (κ1) is 14.4. The van der Waals surface area contributed by atoms with Crippen molar-refractivity contribution >= 4 is 17.3 Å². The molecule has 0 radical (unpaired) electrons. The van der Waals surface area contributed by atoms with Gasteiger partial charge >= 0.3 is 10.8 Å². The van der Waals surface area contributed by atoms with Crippen LogP contribution in [0.15, 0.2) is 22.3 Å². The monoisotopic (exact) mass is 299 g/mol. The van der Waals surface area contributed by atoms with E-state index in [1.165, 1.54) is 12.3 Å². The van der Waals surface area contributed by atoms with Gasteiger partial charge in [-0.1, -0.05) is 11.3 Å². The molecule has 1 N–H and O–H groups in total. The number of hydrogen-bond donors (Lipinski definition) is 1. The maximum Gasteiger partial charge on any atom is 0.307 e. The molecule has 0 unspecified atom stereocenters. The van der Waals surface area contributed by atoms with Gasteiger partial charge < -0.3 is 5.11 Å². The number of carboxylic acids is 1. The van der Waals surface area contributed by atoms with Crippen LogP contribution in [0.3, 0.4) is 0 Å². The van der Waals surface area contributed by atoms with Crippen molar-refractivity contribution in [3.63, 3.8) is 0 Å². The van der Waals surface area contributed by atoms with E-state index in [0.29, 0.717) is 0 Å². The molecule has 0 saturated heterocycles. The highest BCUT2D eigenvalue weighted by Crippen LogP contribution is 2.26. The summed E-state index contributed by atoms with van der Waals surface area (Å²) in [5.41, 5.74) is 0.315. The summed E-state index contributed by atoms with van der Waals surface area (Å²) in [7, 11) is 0. The Morgan fingerprint density at radius 3 is 2.70 bits per heavy atom. The zero-order chi connectivity index (χ0) is 14.9. The Balaban J connectivity index is 2.51. The van der Waals surface area contributed by atoms with Crippen LogP contribution in [-0.2, 0) is 11.3 Å². The lowest BCUT2D eigenvalue weighted by Crippen LogP contribution is -2.17. The first-order chi connectivity index (χ1) is 9.40. The Morgan fingerprint density at radius 1 is 1.35 bits per heavy atom. The van der Waals surface area contributed by atoms with Crippen LogP contribution in [0.5, 0.6) is 0 Å². The van der Waals surface area contributed by atoms with E-state index in [9.17, 15) is 18.4 Å². The molecule has 0 aliphatic carbocycles. The molecule has 1 heterocycles. The molecule has 2 aromatic rings. The second-order valence-electron chi connectivity index (χ2n) is 4.26. The Hall–Kier alpha value is -2.02. The molecule has 2 rings (SSSR count). The molecule has 0 atom stereocenters. The summed E-state index contributed by atoms with van der Waals surface area (Å²) >= 11 is 0.822. The van der Waals surface area contributed by atoms with Gasteiger partial charge in [0.05, 0.1) is 12.1 Å². The number of aromatic nitrogens is 1. The van der Waals surface area contributed by atoms with Gasteiger partial charge in [-0.3, -0.25) is 14.2 Å². The van der Waals surface area contributed by atoms with E-state index in [1.54, 1.807) is 0 Å². The Labute approximate surface area is 116 Å². The quantitative estimate of drug-likeness (QED) is 0.944. The molecule has 1 aromatic carbocycles. The van der Waals surface area contributed by atoms with Gasteiger partial charge in [-0.05, 0) is 24.6 Å². The fourth-order valence-electron chi connectivity index (χ4n) is 1.80. The Bertz CT molecular complexity index is 721. The average molecular weight is 299 g/mol. The van der Waals surface area contributed by atoms with Crippen molar-refractivity contribution in [2.24, 2.45) is 0 Å². The van der Waals surface area contributed by atoms with Crippen molar-refractivity contribution in [2.45, 2.75) is 19.9 Å². The van der Waals surface area contributed by atoms with Crippen molar-refractivity contribution in [1.29, 1.82) is 0 Å². The highest BCUT2D eigenvalue weighted by atomic mass is 32.1. The number of nitrogens with zero attached hydrogens (tertiary/aromatic N) is 1. The van der Waals surface area contributed by atoms with Crippen LogP contribution in [0, 0.1) is 18.6 Å². The predicted octanol–water partition coefficient (Wildman–Crippen LogP) is 2.64. The van der Waals surface area contributed by atoms with Gasteiger partial charge in [-0.25, -0.2) is 8.78 Å². The van der Waals surface area contributed by atoms with Gasteiger partial charge in [0.25, 0.3) is 0 Å². The van der Waals surface area contributed by atoms with Crippen molar-refractivity contribution in [1.82, 2.24) is 4.57 Å². The summed E-state index contributed by atoms with van der Waals surface area (Å²) in [5, 5.41) is 10.1. The lowest BCUT2D eigenvalue weighted by atomic mass is 10.1. The number of hydrogen-bond acceptors (Lipinski definition) is 3. The maximum absolute atomic E-state index is 13.9. The summed E-state index contributed by atoms with van der Waals surface area (Å²) in [6, 6.07) is 2.07. The molecule has 0 amide bonds. The van der Waals surface area contributed by atoms with Crippen LogP contribution in [0.4, 0.5) is 8.78 Å². The fourth-order valence-corrected chi connectivity index (χ4v) is 2.59. The van der Waals surface area contributed by atoms with Gasteiger partial charge in [0.2, 0.25) is 0 Å². The largest absolute Gasteiger partial charge is 0.481 e. The van der Waals surface area contributed by atoms with E-state index in [1.807, 2.05) is 0 Å². The zero-order valence-electron chi connectivity index (χ0n) is 10.5. The summed E-state index contributed by atoms with van der Waals surface area (Å²) in [6.45, 7) is 1.36. The molecule has 0 fully saturated rings. The lowest BCUT2D eigenvalue weighted by Gasteiger charge is -2.08. The average Bonchev–Trinajstić information content (AvgIpc) is 2.72. The van der Waals surface area contributed by atoms with E-state index < -0.39 is 22.5 Å². The van der Waals surface area contributed by atoms with Crippen molar-refractivity contribution in [2.75, 3.05) is 0 Å². The number of thiazole rings is 1.